The van der Waals surface area contributed by atoms with E-state index in [9.17, 15) is 5.11 Å². The van der Waals surface area contributed by atoms with Crippen molar-refractivity contribution < 1.29 is 19.3 Å². The van der Waals surface area contributed by atoms with Gasteiger partial charge in [0.25, 0.3) is 0 Å². The molecule has 0 amide bonds. The summed E-state index contributed by atoms with van der Waals surface area (Å²) in [5, 5.41) is 9.92. The van der Waals surface area contributed by atoms with Crippen LogP contribution in [0.25, 0.3) is 0 Å². The van der Waals surface area contributed by atoms with Gasteiger partial charge in [0.05, 0.1) is 13.7 Å². The first-order chi connectivity index (χ1) is 18.9. The Morgan fingerprint density at radius 1 is 0.897 bits per heavy atom. The van der Waals surface area contributed by atoms with E-state index >= 15 is 0 Å². The van der Waals surface area contributed by atoms with Crippen LogP contribution in [0, 0.1) is 0 Å². The molecule has 3 aromatic rings. The summed E-state index contributed by atoms with van der Waals surface area (Å²) in [5.41, 5.74) is 6.44. The summed E-state index contributed by atoms with van der Waals surface area (Å²) in [6.45, 7) is 8.43. The Bertz CT molecular complexity index is 1190. The van der Waals surface area contributed by atoms with Gasteiger partial charge in [0.15, 0.2) is 0 Å². The fraction of sp³-hybridized carbons (Fsp3) is 0.455. The quantitative estimate of drug-likeness (QED) is 0.289. The molecule has 1 unspecified atom stereocenters. The summed E-state index contributed by atoms with van der Waals surface area (Å²) in [6, 6.07) is 21.1. The lowest BCUT2D eigenvalue weighted by Crippen LogP contribution is -2.31. The summed E-state index contributed by atoms with van der Waals surface area (Å²) in [6.07, 6.45) is 3.02. The Morgan fingerprint density at radius 3 is 2.36 bits per heavy atom. The maximum Gasteiger partial charge on any atom is 0.120 e. The molecule has 39 heavy (non-hydrogen) atoms. The van der Waals surface area contributed by atoms with Crippen LogP contribution in [-0.2, 0) is 24.1 Å². The molecule has 1 aliphatic rings. The standard InChI is InChI=1S/C33H44N2O4/c1-24(2)35(23-25-6-12-30(13-7-25)39-19-17-34(3)16-18-37-4)33-22-31(38-5)14-15-32(33)28-9-8-27-21-29(36)11-10-26(27)20-28/h6-7,10-15,21-22,24,28,36H,8-9,16-20,23H2,1-5H3. The lowest BCUT2D eigenvalue weighted by atomic mass is 9.79. The number of phenolic OH excluding ortho intramolecular Hbond substituents is 1. The second kappa shape index (κ2) is 13.7. The fourth-order valence-electron chi connectivity index (χ4n) is 5.36. The van der Waals surface area contributed by atoms with Gasteiger partial charge < -0.3 is 29.1 Å². The number of nitrogens with zero attached hydrogens (tertiary/aromatic N) is 2. The van der Waals surface area contributed by atoms with E-state index in [0.717, 1.165) is 57.0 Å². The van der Waals surface area contributed by atoms with Crippen molar-refractivity contribution in [3.8, 4) is 17.2 Å². The number of hydrogen-bond donors (Lipinski definition) is 1. The largest absolute Gasteiger partial charge is 0.508 e. The molecular formula is C33H44N2O4. The van der Waals surface area contributed by atoms with E-state index in [1.807, 2.05) is 12.1 Å². The molecule has 0 spiro atoms. The van der Waals surface area contributed by atoms with Gasteiger partial charge in [-0.25, -0.2) is 0 Å². The van der Waals surface area contributed by atoms with Crippen LogP contribution in [0.15, 0.2) is 60.7 Å². The van der Waals surface area contributed by atoms with Gasteiger partial charge >= 0.3 is 0 Å². The SMILES string of the molecule is COCCN(C)CCOc1ccc(CN(c2cc(OC)ccc2C2CCc3cc(O)ccc3C2)C(C)C)cc1. The second-order valence-corrected chi connectivity index (χ2v) is 10.8. The highest BCUT2D eigenvalue weighted by Crippen LogP contribution is 2.40. The summed E-state index contributed by atoms with van der Waals surface area (Å²) in [7, 11) is 5.54. The molecule has 6 heteroatoms. The number of rotatable bonds is 13. The van der Waals surface area contributed by atoms with Gasteiger partial charge in [0.2, 0.25) is 0 Å². The van der Waals surface area contributed by atoms with Gasteiger partial charge in [-0.1, -0.05) is 24.3 Å². The number of aromatic hydroxyl groups is 1. The molecule has 1 atom stereocenters. The molecule has 0 aromatic heterocycles. The molecule has 0 heterocycles. The first kappa shape index (κ1) is 28.8. The first-order valence-electron chi connectivity index (χ1n) is 14.0. The molecule has 6 nitrogen and oxygen atoms in total. The zero-order chi connectivity index (χ0) is 27.8. The average molecular weight is 533 g/mol. The van der Waals surface area contributed by atoms with Crippen LogP contribution < -0.4 is 14.4 Å². The molecule has 0 saturated heterocycles. The predicted octanol–water partition coefficient (Wildman–Crippen LogP) is 6.05. The van der Waals surface area contributed by atoms with Crippen molar-refractivity contribution in [2.75, 3.05) is 52.5 Å². The number of methoxy groups -OCH3 is 2. The van der Waals surface area contributed by atoms with Crippen LogP contribution >= 0.6 is 0 Å². The van der Waals surface area contributed by atoms with E-state index < -0.39 is 0 Å². The van der Waals surface area contributed by atoms with Gasteiger partial charge in [-0.05, 0) is 98.7 Å². The van der Waals surface area contributed by atoms with Crippen molar-refractivity contribution in [1.82, 2.24) is 4.90 Å². The van der Waals surface area contributed by atoms with Gasteiger partial charge in [-0.2, -0.15) is 0 Å². The van der Waals surface area contributed by atoms with Gasteiger partial charge in [-0.3, -0.25) is 0 Å². The predicted molar refractivity (Wildman–Crippen MR) is 158 cm³/mol. The lowest BCUT2D eigenvalue weighted by Gasteiger charge is -2.35. The Morgan fingerprint density at radius 2 is 1.64 bits per heavy atom. The van der Waals surface area contributed by atoms with Crippen LogP contribution in [0.3, 0.4) is 0 Å². The Kier molecular flexibility index (Phi) is 10.1. The number of fused-ring (bicyclic) bond motifs is 1. The smallest absolute Gasteiger partial charge is 0.120 e. The maximum absolute atomic E-state index is 9.92. The fourth-order valence-corrected chi connectivity index (χ4v) is 5.36. The molecule has 0 saturated carbocycles. The molecule has 0 radical (unpaired) electrons. The summed E-state index contributed by atoms with van der Waals surface area (Å²) in [4.78, 5) is 4.68. The van der Waals surface area contributed by atoms with E-state index in [4.69, 9.17) is 14.2 Å². The molecule has 0 fully saturated rings. The second-order valence-electron chi connectivity index (χ2n) is 10.8. The minimum atomic E-state index is 0.308. The van der Waals surface area contributed by atoms with Crippen LogP contribution in [0.4, 0.5) is 5.69 Å². The van der Waals surface area contributed by atoms with E-state index in [2.05, 4.69) is 79.2 Å². The lowest BCUT2D eigenvalue weighted by molar-refractivity contribution is 0.150. The van der Waals surface area contributed by atoms with Crippen molar-refractivity contribution in [3.63, 3.8) is 0 Å². The highest BCUT2D eigenvalue weighted by Gasteiger charge is 2.26. The topological polar surface area (TPSA) is 54.4 Å². The number of benzene rings is 3. The Hall–Kier alpha value is -3.22. The van der Waals surface area contributed by atoms with E-state index in [0.29, 0.717) is 24.3 Å². The van der Waals surface area contributed by atoms with Gasteiger partial charge in [0.1, 0.15) is 23.9 Å². The zero-order valence-electron chi connectivity index (χ0n) is 24.2. The Labute approximate surface area is 234 Å². The van der Waals surface area contributed by atoms with Crippen LogP contribution in [0.1, 0.15) is 48.4 Å². The van der Waals surface area contributed by atoms with Gasteiger partial charge in [0, 0.05) is 44.5 Å². The van der Waals surface area contributed by atoms with Crippen LogP contribution in [-0.4, -0.2) is 63.6 Å². The molecular weight excluding hydrogens is 488 g/mol. The number of ether oxygens (including phenoxy) is 3. The average Bonchev–Trinajstić information content (AvgIpc) is 2.94. The van der Waals surface area contributed by atoms with Crippen molar-refractivity contribution in [3.05, 3.63) is 82.9 Å². The third-order valence-electron chi connectivity index (χ3n) is 7.72. The zero-order valence-corrected chi connectivity index (χ0v) is 24.2. The summed E-state index contributed by atoms with van der Waals surface area (Å²) >= 11 is 0. The number of likely N-dealkylation sites (N-methyl/N-ethyl adjacent to an activating group) is 1. The normalized spacial score (nSPS) is 14.9. The number of phenols is 1. The Balaban J connectivity index is 1.49. The summed E-state index contributed by atoms with van der Waals surface area (Å²) in [5.74, 6) is 2.54. The number of anilines is 1. The molecule has 0 aliphatic heterocycles. The van der Waals surface area contributed by atoms with E-state index in [1.54, 1.807) is 14.2 Å². The number of hydrogen-bond acceptors (Lipinski definition) is 6. The molecule has 4 rings (SSSR count). The van der Waals surface area contributed by atoms with Crippen molar-refractivity contribution in [1.29, 1.82) is 0 Å². The number of aryl methyl sites for hydroxylation is 1. The molecule has 1 N–H and O–H groups in total. The van der Waals surface area contributed by atoms with E-state index in [1.165, 1.54) is 27.9 Å². The molecule has 210 valence electrons. The van der Waals surface area contributed by atoms with E-state index in [-0.39, 0.29) is 0 Å². The highest BCUT2D eigenvalue weighted by molar-refractivity contribution is 5.60. The third kappa shape index (κ3) is 7.68. The van der Waals surface area contributed by atoms with Gasteiger partial charge in [-0.15, -0.1) is 0 Å². The third-order valence-corrected chi connectivity index (χ3v) is 7.72. The molecule has 3 aromatic carbocycles. The maximum atomic E-state index is 9.92. The summed E-state index contributed by atoms with van der Waals surface area (Å²) < 4.78 is 16.8. The highest BCUT2D eigenvalue weighted by atomic mass is 16.5. The molecule has 0 bridgehead atoms. The minimum absolute atomic E-state index is 0.308. The van der Waals surface area contributed by atoms with Crippen molar-refractivity contribution >= 4 is 5.69 Å². The van der Waals surface area contributed by atoms with Crippen molar-refractivity contribution in [2.24, 2.45) is 0 Å². The van der Waals surface area contributed by atoms with Crippen LogP contribution in [0.5, 0.6) is 17.2 Å². The first-order valence-corrected chi connectivity index (χ1v) is 14.0. The minimum Gasteiger partial charge on any atom is -0.508 e. The van der Waals surface area contributed by atoms with Crippen molar-refractivity contribution in [2.45, 2.75) is 51.6 Å². The monoisotopic (exact) mass is 532 g/mol. The van der Waals surface area contributed by atoms with Crippen LogP contribution in [0.2, 0.25) is 0 Å². The molecule has 1 aliphatic carbocycles.